The number of rotatable bonds is 10. The van der Waals surface area contributed by atoms with Crippen LogP contribution in [-0.4, -0.2) is 41.5 Å². The van der Waals surface area contributed by atoms with Gasteiger partial charge in [-0.05, 0) is 71.8 Å². The zero-order valence-electron chi connectivity index (χ0n) is 29.8. The Morgan fingerprint density at radius 3 is 1.98 bits per heavy atom. The average molecular weight is 748 g/mol. The topological polar surface area (TPSA) is 166 Å². The number of ether oxygens (including phenoxy) is 1. The number of Topliss-reactive ketones (excluding diaryl/α,β-unsaturated/α-hetero) is 1. The number of anilines is 2. The third-order valence-electron chi connectivity index (χ3n) is 6.54. The molecular weight excluding hydrogens is 719 g/mol. The van der Waals surface area contributed by atoms with E-state index < -0.39 is 49.9 Å². The van der Waals surface area contributed by atoms with Crippen LogP contribution in [0.3, 0.4) is 0 Å². The number of terminal acetylenes is 1. The molecule has 1 unspecified atom stereocenters. The van der Waals surface area contributed by atoms with Gasteiger partial charge in [-0.3, -0.25) is 19.2 Å². The molecule has 3 N–H and O–H groups in total. The van der Waals surface area contributed by atoms with Crippen LogP contribution in [-0.2, 0) is 24.4 Å². The first-order valence-electron chi connectivity index (χ1n) is 15.8. The average Bonchev–Trinajstić information content (AvgIpc) is 3.63. The van der Waals surface area contributed by atoms with Gasteiger partial charge >= 0.3 is 0 Å². The number of carbonyl (C=O) groups excluding carboxylic acids is 4. The van der Waals surface area contributed by atoms with E-state index in [-0.39, 0.29) is 23.7 Å². The van der Waals surface area contributed by atoms with Gasteiger partial charge in [0, 0.05) is 71.4 Å². The summed E-state index contributed by atoms with van der Waals surface area (Å²) >= 11 is 0. The summed E-state index contributed by atoms with van der Waals surface area (Å²) in [6.07, 6.45) is 9.72. The lowest BCUT2D eigenvalue weighted by Gasteiger charge is -2.26. The number of hydrogen-bond acceptors (Lipinski definition) is 8. The Balaban J connectivity index is 1.97. The standard InChI is InChI=1S/C42H29N5O7S/c1-6-8-9-10-11-12-13-14-15-16-17-18-19-23-30-54-35-27-26-33(55(52,53)46-36(48)7-2)31-34(35)45-40(50)37(38(49)42(3,4)5)47-29-28-43-39(47)41(51)44-32-24-21-20-22-25-32/h1,20-22,24-29,31,37H,7H2,2-5H3,(H,44,51)(H,45,50)(H,46,48). The molecule has 0 aliphatic carbocycles. The van der Waals surface area contributed by atoms with E-state index >= 15 is 0 Å². The molecule has 13 heteroatoms. The summed E-state index contributed by atoms with van der Waals surface area (Å²) in [5, 5.41) is 5.21. The molecule has 270 valence electrons. The summed E-state index contributed by atoms with van der Waals surface area (Å²) < 4.78 is 34.5. The molecule has 0 aliphatic heterocycles. The van der Waals surface area contributed by atoms with Gasteiger partial charge in [0.25, 0.3) is 21.8 Å². The van der Waals surface area contributed by atoms with Crippen molar-refractivity contribution in [2.75, 3.05) is 10.6 Å². The SMILES string of the molecule is C#CC#CC#CC#CC#CC#CC#CC#COc1ccc(S(=O)(=O)NC(=O)CC)cc1NC(=O)C(C(=O)C(C)(C)C)n1ccnc1C(=O)Nc1ccccc1. The van der Waals surface area contributed by atoms with Gasteiger partial charge in [0.2, 0.25) is 5.91 Å². The number of amides is 3. The maximum atomic E-state index is 14.1. The van der Waals surface area contributed by atoms with Crippen molar-refractivity contribution < 1.29 is 32.3 Å². The van der Waals surface area contributed by atoms with E-state index in [1.807, 2.05) is 4.72 Å². The molecule has 0 bridgehead atoms. The molecule has 3 aromatic rings. The van der Waals surface area contributed by atoms with Crippen LogP contribution in [0, 0.1) is 101 Å². The maximum absolute atomic E-state index is 14.1. The molecule has 1 aromatic heterocycles. The lowest BCUT2D eigenvalue weighted by atomic mass is 9.86. The first kappa shape index (κ1) is 41.4. The minimum Gasteiger partial charge on any atom is -0.404 e. The van der Waals surface area contributed by atoms with E-state index in [0.717, 1.165) is 16.7 Å². The van der Waals surface area contributed by atoms with Gasteiger partial charge in [-0.15, -0.1) is 6.42 Å². The Hall–Kier alpha value is -8.04. The lowest BCUT2D eigenvalue weighted by Crippen LogP contribution is -2.40. The highest BCUT2D eigenvalue weighted by atomic mass is 32.2. The third kappa shape index (κ3) is 12.9. The first-order valence-corrected chi connectivity index (χ1v) is 17.3. The second-order valence-corrected chi connectivity index (χ2v) is 13.2. The summed E-state index contributed by atoms with van der Waals surface area (Å²) in [7, 11) is -4.40. The summed E-state index contributed by atoms with van der Waals surface area (Å²) in [5.74, 6) is 30.2. The van der Waals surface area contributed by atoms with Crippen molar-refractivity contribution in [3.8, 4) is 101 Å². The van der Waals surface area contributed by atoms with E-state index in [9.17, 15) is 27.6 Å². The van der Waals surface area contributed by atoms with Crippen LogP contribution in [0.15, 0.2) is 65.8 Å². The molecule has 55 heavy (non-hydrogen) atoms. The number of hydrogen-bond donors (Lipinski definition) is 3. The van der Waals surface area contributed by atoms with E-state index in [1.165, 1.54) is 25.4 Å². The number of aromatic nitrogens is 2. The quantitative estimate of drug-likeness (QED) is 0.210. The largest absolute Gasteiger partial charge is 0.404 e. The van der Waals surface area contributed by atoms with E-state index in [2.05, 4.69) is 105 Å². The monoisotopic (exact) mass is 747 g/mol. The summed E-state index contributed by atoms with van der Waals surface area (Å²) in [5.41, 5.74) is -0.902. The molecule has 0 radical (unpaired) electrons. The van der Waals surface area contributed by atoms with Crippen LogP contribution >= 0.6 is 0 Å². The van der Waals surface area contributed by atoms with Crippen molar-refractivity contribution in [1.82, 2.24) is 14.3 Å². The number of sulfonamides is 1. The highest BCUT2D eigenvalue weighted by molar-refractivity contribution is 7.90. The lowest BCUT2D eigenvalue weighted by molar-refractivity contribution is -0.135. The van der Waals surface area contributed by atoms with Crippen molar-refractivity contribution in [3.05, 3.63) is 66.7 Å². The van der Waals surface area contributed by atoms with Crippen LogP contribution < -0.4 is 20.1 Å². The Labute approximate surface area is 319 Å². The van der Waals surface area contributed by atoms with E-state index in [0.29, 0.717) is 5.69 Å². The molecule has 0 fully saturated rings. The molecule has 0 saturated carbocycles. The van der Waals surface area contributed by atoms with Gasteiger partial charge in [-0.2, -0.15) is 0 Å². The van der Waals surface area contributed by atoms with Crippen LogP contribution in [0.2, 0.25) is 0 Å². The number of para-hydroxylation sites is 1. The molecule has 3 rings (SSSR count). The van der Waals surface area contributed by atoms with Crippen molar-refractivity contribution in [2.24, 2.45) is 5.41 Å². The van der Waals surface area contributed by atoms with Crippen molar-refractivity contribution in [1.29, 1.82) is 0 Å². The first-order chi connectivity index (χ1) is 26.3. The molecule has 3 amide bonds. The van der Waals surface area contributed by atoms with Crippen molar-refractivity contribution in [2.45, 2.75) is 45.1 Å². The molecule has 12 nitrogen and oxygen atoms in total. The Morgan fingerprint density at radius 1 is 0.836 bits per heavy atom. The molecule has 2 aromatic carbocycles. The van der Waals surface area contributed by atoms with Crippen LogP contribution in [0.1, 0.15) is 50.8 Å². The molecule has 0 spiro atoms. The highest BCUT2D eigenvalue weighted by Crippen LogP contribution is 2.31. The van der Waals surface area contributed by atoms with Gasteiger partial charge < -0.3 is 19.9 Å². The fourth-order valence-corrected chi connectivity index (χ4v) is 5.10. The summed E-state index contributed by atoms with van der Waals surface area (Å²) in [6, 6.07) is 10.1. The van der Waals surface area contributed by atoms with Gasteiger partial charge in [-0.1, -0.05) is 45.9 Å². The van der Waals surface area contributed by atoms with Gasteiger partial charge in [-0.25, -0.2) is 18.1 Å². The second kappa shape index (κ2) is 20.1. The Morgan fingerprint density at radius 2 is 1.42 bits per heavy atom. The number of imidazole rings is 1. The molecular formula is C42H29N5O7S. The summed E-state index contributed by atoms with van der Waals surface area (Å²) in [6.45, 7) is 6.24. The Bertz CT molecular complexity index is 2620. The zero-order valence-corrected chi connectivity index (χ0v) is 30.6. The Kier molecular flexibility index (Phi) is 15.1. The van der Waals surface area contributed by atoms with Crippen LogP contribution in [0.25, 0.3) is 0 Å². The number of carbonyl (C=O) groups is 4. The molecule has 1 atom stereocenters. The maximum Gasteiger partial charge on any atom is 0.291 e. The fourth-order valence-electron chi connectivity index (χ4n) is 4.02. The third-order valence-corrected chi connectivity index (χ3v) is 7.91. The summed E-state index contributed by atoms with van der Waals surface area (Å²) in [4.78, 5) is 56.8. The number of nitrogens with one attached hydrogen (secondary N) is 3. The molecule has 1 heterocycles. The van der Waals surface area contributed by atoms with Crippen molar-refractivity contribution in [3.63, 3.8) is 0 Å². The van der Waals surface area contributed by atoms with Gasteiger partial charge in [0.05, 0.1) is 10.6 Å². The normalized spacial score (nSPS) is 9.95. The van der Waals surface area contributed by atoms with E-state index in [4.69, 9.17) is 11.2 Å². The second-order valence-electron chi connectivity index (χ2n) is 11.5. The number of benzene rings is 2. The van der Waals surface area contributed by atoms with Crippen LogP contribution in [0.5, 0.6) is 5.75 Å². The number of nitrogens with zero attached hydrogens (tertiary/aromatic N) is 2. The minimum atomic E-state index is -4.40. The van der Waals surface area contributed by atoms with Gasteiger partial charge in [0.1, 0.15) is 6.11 Å². The smallest absolute Gasteiger partial charge is 0.291 e. The molecule has 0 aliphatic rings. The predicted molar refractivity (Wildman–Crippen MR) is 205 cm³/mol. The number of ketones is 1. The minimum absolute atomic E-state index is 0.118. The molecule has 0 saturated heterocycles. The zero-order chi connectivity index (χ0) is 40.3. The fraction of sp³-hybridized carbons (Fsp3) is 0.167. The van der Waals surface area contributed by atoms with Crippen LogP contribution in [0.4, 0.5) is 11.4 Å². The highest BCUT2D eigenvalue weighted by Gasteiger charge is 2.38. The predicted octanol–water partition coefficient (Wildman–Crippen LogP) is 3.14. The van der Waals surface area contributed by atoms with Crippen molar-refractivity contribution >= 4 is 44.9 Å². The van der Waals surface area contributed by atoms with E-state index in [1.54, 1.807) is 51.1 Å². The van der Waals surface area contributed by atoms with Gasteiger partial charge in [0.15, 0.2) is 23.4 Å².